The third-order valence-electron chi connectivity index (χ3n) is 6.10. The van der Waals surface area contributed by atoms with E-state index < -0.39 is 19.7 Å². The lowest BCUT2D eigenvalue weighted by Gasteiger charge is -2.16. The molecule has 0 N–H and O–H groups in total. The van der Waals surface area contributed by atoms with Gasteiger partial charge in [-0.05, 0) is 132 Å². The highest BCUT2D eigenvalue weighted by Gasteiger charge is 2.19. The molecule has 0 saturated heterocycles. The van der Waals surface area contributed by atoms with Gasteiger partial charge in [-0.25, -0.2) is 16.8 Å². The van der Waals surface area contributed by atoms with Crippen LogP contribution >= 0.6 is 0 Å². The van der Waals surface area contributed by atoms with E-state index >= 15 is 0 Å². The summed E-state index contributed by atoms with van der Waals surface area (Å²) in [4.78, 5) is 0.645. The Kier molecular flexibility index (Phi) is 10.0. The van der Waals surface area contributed by atoms with E-state index in [1.807, 2.05) is 34.6 Å². The van der Waals surface area contributed by atoms with Gasteiger partial charge in [-0.3, -0.25) is 0 Å². The summed E-state index contributed by atoms with van der Waals surface area (Å²) < 4.78 is 75.0. The van der Waals surface area contributed by atoms with Gasteiger partial charge < -0.3 is 18.9 Å². The summed E-state index contributed by atoms with van der Waals surface area (Å²) in [7, 11) is -7.39. The van der Waals surface area contributed by atoms with Crippen LogP contribution in [0.5, 0.6) is 23.0 Å². The normalized spacial score (nSPS) is 12.6. The van der Waals surface area contributed by atoms with Gasteiger partial charge in [-0.2, -0.15) is 0 Å². The molecule has 228 valence electrons. The van der Waals surface area contributed by atoms with E-state index in [-0.39, 0.29) is 44.5 Å². The third-order valence-corrected chi connectivity index (χ3v) is 9.67. The zero-order valence-electron chi connectivity index (χ0n) is 24.8. The molecule has 0 heterocycles. The molecule has 10 heteroatoms. The van der Waals surface area contributed by atoms with E-state index in [9.17, 15) is 16.8 Å². The lowest BCUT2D eigenvalue weighted by atomic mass is 10.3. The average molecular weight is 625 g/mol. The van der Waals surface area contributed by atoms with Gasteiger partial charge in [-0.15, -0.1) is 0 Å². The summed E-state index contributed by atoms with van der Waals surface area (Å²) in [5, 5.41) is 0. The van der Waals surface area contributed by atoms with Crippen molar-refractivity contribution in [1.82, 2.24) is 0 Å². The van der Waals surface area contributed by atoms with Crippen LogP contribution in [0.1, 0.15) is 34.6 Å². The first-order valence-electron chi connectivity index (χ1n) is 13.9. The minimum absolute atomic E-state index is 0.00711. The zero-order chi connectivity index (χ0) is 31.2. The maximum atomic E-state index is 13.0. The molecule has 0 fully saturated rings. The first kappa shape index (κ1) is 31.9. The first-order chi connectivity index (χ1) is 20.3. The second-order valence-electron chi connectivity index (χ2n) is 10.5. The summed E-state index contributed by atoms with van der Waals surface area (Å²) in [5.41, 5.74) is 0. The Hall–Kier alpha value is -4.02. The highest BCUT2D eigenvalue weighted by molar-refractivity contribution is 7.91. The van der Waals surface area contributed by atoms with Gasteiger partial charge in [0.25, 0.3) is 0 Å². The highest BCUT2D eigenvalue weighted by Crippen LogP contribution is 2.27. The van der Waals surface area contributed by atoms with Gasteiger partial charge in [0.05, 0.1) is 31.8 Å². The topological polar surface area (TPSA) is 105 Å². The van der Waals surface area contributed by atoms with E-state index in [0.717, 1.165) is 0 Å². The molecule has 8 nitrogen and oxygen atoms in total. The minimum Gasteiger partial charge on any atom is -0.491 e. The van der Waals surface area contributed by atoms with Crippen molar-refractivity contribution in [3.05, 3.63) is 97.1 Å². The molecule has 0 aliphatic carbocycles. The van der Waals surface area contributed by atoms with E-state index in [2.05, 4.69) is 0 Å². The molecule has 43 heavy (non-hydrogen) atoms. The third kappa shape index (κ3) is 8.30. The second kappa shape index (κ2) is 13.5. The Balaban J connectivity index is 1.32. The molecule has 0 bridgehead atoms. The summed E-state index contributed by atoms with van der Waals surface area (Å²) in [6, 6.07) is 25.0. The number of hydrogen-bond donors (Lipinski definition) is 0. The number of hydrogen-bond acceptors (Lipinski definition) is 8. The fraction of sp³-hybridized carbons (Fsp3) is 0.273. The van der Waals surface area contributed by atoms with E-state index in [0.29, 0.717) is 23.0 Å². The van der Waals surface area contributed by atoms with Crippen LogP contribution in [0.4, 0.5) is 0 Å². The molecule has 4 aromatic rings. The van der Waals surface area contributed by atoms with Gasteiger partial charge in [0, 0.05) is 0 Å². The van der Waals surface area contributed by atoms with Crippen molar-refractivity contribution in [2.24, 2.45) is 0 Å². The Morgan fingerprint density at radius 1 is 0.442 bits per heavy atom. The molecule has 1 atom stereocenters. The molecule has 0 aliphatic rings. The van der Waals surface area contributed by atoms with Gasteiger partial charge >= 0.3 is 0 Å². The van der Waals surface area contributed by atoms with E-state index in [1.54, 1.807) is 48.5 Å². The SMILES string of the molecule is CC(C)Oc1ccc(S(=O)(=O)c2ccc(OCC(C)Oc3ccc(S(=O)(=O)c4ccc(OC(C)C)cc4)cc3)cc2)cc1. The monoisotopic (exact) mass is 624 g/mol. The highest BCUT2D eigenvalue weighted by atomic mass is 32.2. The number of rotatable bonds is 13. The largest absolute Gasteiger partial charge is 0.491 e. The van der Waals surface area contributed by atoms with Crippen LogP contribution < -0.4 is 18.9 Å². The smallest absolute Gasteiger partial charge is 0.206 e. The van der Waals surface area contributed by atoms with Gasteiger partial charge in [-0.1, -0.05) is 0 Å². The van der Waals surface area contributed by atoms with Crippen molar-refractivity contribution < 1.29 is 35.8 Å². The zero-order valence-corrected chi connectivity index (χ0v) is 26.4. The van der Waals surface area contributed by atoms with Gasteiger partial charge in [0.2, 0.25) is 19.7 Å². The van der Waals surface area contributed by atoms with Crippen LogP contribution in [-0.4, -0.2) is 41.8 Å². The van der Waals surface area contributed by atoms with E-state index in [4.69, 9.17) is 18.9 Å². The Bertz CT molecular complexity index is 1690. The van der Waals surface area contributed by atoms with E-state index in [1.165, 1.54) is 48.5 Å². The number of benzene rings is 4. The number of sulfone groups is 2. The molecular formula is C33H36O8S2. The summed E-state index contributed by atoms with van der Waals surface area (Å²) in [6.45, 7) is 9.61. The lowest BCUT2D eigenvalue weighted by Crippen LogP contribution is -2.21. The molecule has 4 rings (SSSR count). The van der Waals surface area contributed by atoms with Crippen LogP contribution in [0.25, 0.3) is 0 Å². The minimum atomic E-state index is -3.70. The second-order valence-corrected chi connectivity index (χ2v) is 14.4. The standard InChI is InChI=1S/C33H36O8S2/c1-23(2)39-27-8-16-31(17-9-27)42(34,35)30-14-6-26(7-15-30)38-22-25(5)41-29-12-20-33(21-13-29)43(36,37)32-18-10-28(11-19-32)40-24(3)4/h6-21,23-25H,22H2,1-5H3. The van der Waals surface area contributed by atoms with Crippen molar-refractivity contribution in [3.8, 4) is 23.0 Å². The summed E-state index contributed by atoms with van der Waals surface area (Å²) >= 11 is 0. The quantitative estimate of drug-likeness (QED) is 0.160. The maximum absolute atomic E-state index is 13.0. The van der Waals surface area contributed by atoms with Gasteiger partial charge in [0.1, 0.15) is 35.7 Å². The van der Waals surface area contributed by atoms with Crippen LogP contribution in [0.3, 0.4) is 0 Å². The Morgan fingerprint density at radius 3 is 1.02 bits per heavy atom. The predicted molar refractivity (Wildman–Crippen MR) is 164 cm³/mol. The predicted octanol–water partition coefficient (Wildman–Crippen LogP) is 6.77. The molecule has 4 aromatic carbocycles. The first-order valence-corrected chi connectivity index (χ1v) is 16.8. The number of ether oxygens (including phenoxy) is 4. The molecule has 0 radical (unpaired) electrons. The van der Waals surface area contributed by atoms with Crippen molar-refractivity contribution in [1.29, 1.82) is 0 Å². The van der Waals surface area contributed by atoms with Crippen LogP contribution in [-0.2, 0) is 19.7 Å². The van der Waals surface area contributed by atoms with Crippen molar-refractivity contribution in [2.45, 2.75) is 72.5 Å². The molecule has 1 unspecified atom stereocenters. The molecule has 0 aliphatic heterocycles. The molecular weight excluding hydrogens is 588 g/mol. The van der Waals surface area contributed by atoms with Crippen molar-refractivity contribution in [3.63, 3.8) is 0 Å². The molecule has 0 spiro atoms. The summed E-state index contributed by atoms with van der Waals surface area (Å²) in [6.07, 6.45) is -0.384. The van der Waals surface area contributed by atoms with Crippen molar-refractivity contribution in [2.75, 3.05) is 6.61 Å². The Morgan fingerprint density at radius 2 is 0.721 bits per heavy atom. The fourth-order valence-electron chi connectivity index (χ4n) is 4.10. The molecule has 0 aromatic heterocycles. The van der Waals surface area contributed by atoms with Gasteiger partial charge in [0.15, 0.2) is 0 Å². The van der Waals surface area contributed by atoms with Crippen LogP contribution in [0, 0.1) is 0 Å². The van der Waals surface area contributed by atoms with Crippen LogP contribution in [0.2, 0.25) is 0 Å². The lowest BCUT2D eigenvalue weighted by molar-refractivity contribution is 0.143. The Labute approximate surface area is 254 Å². The molecule has 0 saturated carbocycles. The fourth-order valence-corrected chi connectivity index (χ4v) is 6.63. The summed E-state index contributed by atoms with van der Waals surface area (Å²) in [5.74, 6) is 2.19. The van der Waals surface area contributed by atoms with Crippen molar-refractivity contribution >= 4 is 19.7 Å². The van der Waals surface area contributed by atoms with Crippen LogP contribution in [0.15, 0.2) is 117 Å². The molecule has 0 amide bonds. The maximum Gasteiger partial charge on any atom is 0.206 e. The average Bonchev–Trinajstić information content (AvgIpc) is 2.96.